The predicted octanol–water partition coefficient (Wildman–Crippen LogP) is 0.629. The van der Waals surface area contributed by atoms with Crippen LogP contribution >= 0.6 is 0 Å². The Bertz CT molecular complexity index is 229. The fourth-order valence-electron chi connectivity index (χ4n) is 1.44. The van der Waals surface area contributed by atoms with Gasteiger partial charge >= 0.3 is 6.09 Å². The third kappa shape index (κ3) is 3.68. The molecule has 0 saturated carbocycles. The minimum absolute atomic E-state index is 0.367. The Labute approximate surface area is 90.3 Å². The molecule has 0 aromatic rings. The average molecular weight is 216 g/mol. The van der Waals surface area contributed by atoms with Crippen LogP contribution in [0.3, 0.4) is 0 Å². The van der Waals surface area contributed by atoms with E-state index in [-0.39, 0.29) is 0 Å². The molecule has 0 bridgehead atoms. The molecule has 0 aromatic carbocycles. The van der Waals surface area contributed by atoms with Gasteiger partial charge in [-0.3, -0.25) is 0 Å². The van der Waals surface area contributed by atoms with E-state index in [1.807, 2.05) is 20.8 Å². The minimum atomic E-state index is -0.487. The van der Waals surface area contributed by atoms with Crippen molar-refractivity contribution in [3.05, 3.63) is 0 Å². The molecule has 1 saturated heterocycles. The Kier molecular flexibility index (Phi) is 3.57. The second kappa shape index (κ2) is 4.37. The number of carbonyl (C=O) groups excluding carboxylic acids is 1. The molecule has 1 fully saturated rings. The summed E-state index contributed by atoms with van der Waals surface area (Å²) in [5.74, 6) is 0. The molecule has 1 amide bonds. The smallest absolute Gasteiger partial charge is 0.408 e. The molecule has 15 heavy (non-hydrogen) atoms. The van der Waals surface area contributed by atoms with E-state index >= 15 is 0 Å². The molecule has 1 rings (SSSR count). The van der Waals surface area contributed by atoms with E-state index in [1.165, 1.54) is 0 Å². The van der Waals surface area contributed by atoms with Crippen LogP contribution in [0.1, 0.15) is 27.2 Å². The highest BCUT2D eigenvalue weighted by atomic mass is 16.6. The lowest BCUT2D eigenvalue weighted by Gasteiger charge is -2.29. The van der Waals surface area contributed by atoms with E-state index < -0.39 is 17.2 Å². The number of carbonyl (C=O) groups is 1. The molecule has 1 aliphatic heterocycles. The second-order valence-electron chi connectivity index (χ2n) is 4.91. The summed E-state index contributed by atoms with van der Waals surface area (Å²) in [4.78, 5) is 11.5. The van der Waals surface area contributed by atoms with Crippen molar-refractivity contribution < 1.29 is 14.3 Å². The van der Waals surface area contributed by atoms with Crippen LogP contribution in [0.5, 0.6) is 0 Å². The van der Waals surface area contributed by atoms with Crippen molar-refractivity contribution in [1.29, 1.82) is 0 Å². The zero-order valence-corrected chi connectivity index (χ0v) is 9.63. The third-order valence-corrected chi connectivity index (χ3v) is 2.26. The van der Waals surface area contributed by atoms with Crippen molar-refractivity contribution in [1.82, 2.24) is 5.32 Å². The van der Waals surface area contributed by atoms with Crippen LogP contribution < -0.4 is 11.1 Å². The summed E-state index contributed by atoms with van der Waals surface area (Å²) in [6, 6.07) is 0. The molecule has 5 heteroatoms. The molecule has 0 unspecified atom stereocenters. The highest BCUT2D eigenvalue weighted by Gasteiger charge is 2.36. The quantitative estimate of drug-likeness (QED) is 0.710. The normalized spacial score (nSPS) is 26.4. The molecule has 0 aliphatic carbocycles. The van der Waals surface area contributed by atoms with Crippen molar-refractivity contribution in [2.24, 2.45) is 5.73 Å². The monoisotopic (exact) mass is 216 g/mol. The van der Waals surface area contributed by atoms with Gasteiger partial charge in [0, 0.05) is 13.2 Å². The number of nitrogens with two attached hydrogens (primary N) is 1. The number of amides is 1. The van der Waals surface area contributed by atoms with Gasteiger partial charge < -0.3 is 20.5 Å². The maximum atomic E-state index is 11.5. The highest BCUT2D eigenvalue weighted by molar-refractivity contribution is 5.69. The number of hydrogen-bond donors (Lipinski definition) is 2. The first-order valence-electron chi connectivity index (χ1n) is 5.16. The predicted molar refractivity (Wildman–Crippen MR) is 56.6 cm³/mol. The fraction of sp³-hybridized carbons (Fsp3) is 0.900. The number of ether oxygens (including phenoxy) is 2. The fourth-order valence-corrected chi connectivity index (χ4v) is 1.44. The second-order valence-corrected chi connectivity index (χ2v) is 4.91. The molecule has 0 aromatic heterocycles. The van der Waals surface area contributed by atoms with Gasteiger partial charge in [0.05, 0.1) is 12.1 Å². The number of alkyl carbamates (subject to hydrolysis) is 1. The highest BCUT2D eigenvalue weighted by Crippen LogP contribution is 2.18. The first kappa shape index (κ1) is 12.3. The summed E-state index contributed by atoms with van der Waals surface area (Å²) >= 11 is 0. The molecule has 1 heterocycles. The van der Waals surface area contributed by atoms with Gasteiger partial charge in [-0.15, -0.1) is 0 Å². The largest absolute Gasteiger partial charge is 0.444 e. The van der Waals surface area contributed by atoms with E-state index in [0.29, 0.717) is 19.8 Å². The lowest BCUT2D eigenvalue weighted by atomic mass is 10.00. The molecular weight excluding hydrogens is 196 g/mol. The molecule has 0 radical (unpaired) electrons. The van der Waals surface area contributed by atoms with E-state index in [1.54, 1.807) is 0 Å². The summed E-state index contributed by atoms with van der Waals surface area (Å²) in [6.45, 7) is 6.94. The van der Waals surface area contributed by atoms with Gasteiger partial charge in [-0.2, -0.15) is 0 Å². The molecule has 88 valence electrons. The Balaban J connectivity index is 2.49. The van der Waals surface area contributed by atoms with Crippen LogP contribution in [0, 0.1) is 0 Å². The Morgan fingerprint density at radius 1 is 1.60 bits per heavy atom. The van der Waals surface area contributed by atoms with Crippen LogP contribution in [0.15, 0.2) is 0 Å². The van der Waals surface area contributed by atoms with Crippen LogP contribution in [0.2, 0.25) is 0 Å². The summed E-state index contributed by atoms with van der Waals surface area (Å²) < 4.78 is 10.4. The van der Waals surface area contributed by atoms with Gasteiger partial charge in [-0.1, -0.05) is 0 Å². The van der Waals surface area contributed by atoms with Gasteiger partial charge in [-0.25, -0.2) is 4.79 Å². The maximum Gasteiger partial charge on any atom is 0.408 e. The van der Waals surface area contributed by atoms with Crippen molar-refractivity contribution in [2.45, 2.75) is 38.3 Å². The van der Waals surface area contributed by atoms with Crippen LogP contribution in [-0.2, 0) is 9.47 Å². The van der Waals surface area contributed by atoms with Crippen molar-refractivity contribution in [2.75, 3.05) is 19.8 Å². The summed E-state index contributed by atoms with van der Waals surface area (Å²) in [5, 5.41) is 2.79. The SMILES string of the molecule is CC(C)(C)OC(=O)N[C@@]1(CN)CCOC1. The molecular formula is C10H20N2O3. The Hall–Kier alpha value is -0.810. The average Bonchev–Trinajstić information content (AvgIpc) is 2.50. The molecule has 0 spiro atoms. The maximum absolute atomic E-state index is 11.5. The van der Waals surface area contributed by atoms with Crippen LogP contribution in [-0.4, -0.2) is 37.0 Å². The van der Waals surface area contributed by atoms with Gasteiger partial charge in [0.2, 0.25) is 0 Å². The zero-order valence-electron chi connectivity index (χ0n) is 9.63. The standard InChI is InChI=1S/C10H20N2O3/c1-9(2,3)15-8(13)12-10(6-11)4-5-14-7-10/h4-7,11H2,1-3H3,(H,12,13)/t10-/m1/s1. The zero-order chi connectivity index (χ0) is 11.5. The number of hydrogen-bond acceptors (Lipinski definition) is 4. The third-order valence-electron chi connectivity index (χ3n) is 2.26. The van der Waals surface area contributed by atoms with Crippen LogP contribution in [0.4, 0.5) is 4.79 Å². The first-order chi connectivity index (χ1) is 6.87. The molecule has 3 N–H and O–H groups in total. The van der Waals surface area contributed by atoms with Gasteiger partial charge in [0.25, 0.3) is 0 Å². The van der Waals surface area contributed by atoms with E-state index in [0.717, 1.165) is 6.42 Å². The number of rotatable bonds is 2. The summed E-state index contributed by atoms with van der Waals surface area (Å²) in [5.41, 5.74) is 4.70. The molecule has 1 aliphatic rings. The Morgan fingerprint density at radius 2 is 2.27 bits per heavy atom. The Morgan fingerprint density at radius 3 is 2.67 bits per heavy atom. The number of nitrogens with one attached hydrogen (secondary N) is 1. The summed E-state index contributed by atoms with van der Waals surface area (Å²) in [6.07, 6.45) is 0.307. The lowest BCUT2D eigenvalue weighted by Crippen LogP contribution is -2.55. The van der Waals surface area contributed by atoms with E-state index in [2.05, 4.69) is 5.32 Å². The van der Waals surface area contributed by atoms with Crippen molar-refractivity contribution in [3.63, 3.8) is 0 Å². The molecule has 1 atom stereocenters. The van der Waals surface area contributed by atoms with Crippen LogP contribution in [0.25, 0.3) is 0 Å². The minimum Gasteiger partial charge on any atom is -0.444 e. The van der Waals surface area contributed by atoms with Gasteiger partial charge in [-0.05, 0) is 27.2 Å². The lowest BCUT2D eigenvalue weighted by molar-refractivity contribution is 0.0445. The van der Waals surface area contributed by atoms with E-state index in [4.69, 9.17) is 15.2 Å². The van der Waals surface area contributed by atoms with Gasteiger partial charge in [0.15, 0.2) is 0 Å². The summed E-state index contributed by atoms with van der Waals surface area (Å²) in [7, 11) is 0. The van der Waals surface area contributed by atoms with Crippen molar-refractivity contribution in [3.8, 4) is 0 Å². The topological polar surface area (TPSA) is 73.6 Å². The first-order valence-corrected chi connectivity index (χ1v) is 5.16. The van der Waals surface area contributed by atoms with E-state index in [9.17, 15) is 4.79 Å². The van der Waals surface area contributed by atoms with Gasteiger partial charge in [0.1, 0.15) is 5.60 Å². The van der Waals surface area contributed by atoms with Crippen molar-refractivity contribution >= 4 is 6.09 Å². The molecule has 5 nitrogen and oxygen atoms in total.